The van der Waals surface area contributed by atoms with Crippen LogP contribution in [0, 0.1) is 5.92 Å². The van der Waals surface area contributed by atoms with Crippen molar-refractivity contribution in [3.05, 3.63) is 24.3 Å². The van der Waals surface area contributed by atoms with Gasteiger partial charge in [-0.3, -0.25) is 15.2 Å². The highest BCUT2D eigenvalue weighted by Crippen LogP contribution is 2.24. The third kappa shape index (κ3) is 5.48. The van der Waals surface area contributed by atoms with Gasteiger partial charge in [0.05, 0.1) is 12.9 Å². The summed E-state index contributed by atoms with van der Waals surface area (Å²) in [5.41, 5.74) is 0.866. The molecule has 1 heterocycles. The number of thioether (sulfide) groups is 1. The minimum absolute atomic E-state index is 0.0630. The topological polar surface area (TPSA) is 109 Å². The molecule has 1 aromatic carbocycles. The number of amides is 3. The largest absolute Gasteiger partial charge is 0.497 e. The first-order chi connectivity index (χ1) is 13.5. The molecule has 0 saturated heterocycles. The summed E-state index contributed by atoms with van der Waals surface area (Å²) in [6, 6.07) is 7.12. The normalized spacial score (nSPS) is 19.1. The average molecular weight is 404 g/mol. The van der Waals surface area contributed by atoms with Crippen molar-refractivity contribution in [2.24, 2.45) is 5.92 Å². The van der Waals surface area contributed by atoms with Crippen LogP contribution in [0.1, 0.15) is 32.6 Å². The monoisotopic (exact) mass is 403 g/mol. The van der Waals surface area contributed by atoms with Crippen LogP contribution in [0.3, 0.4) is 0 Å². The lowest BCUT2D eigenvalue weighted by molar-refractivity contribution is -0.117. The quantitative estimate of drug-likeness (QED) is 0.640. The fraction of sp³-hybridized carbons (Fsp3) is 0.474. The summed E-state index contributed by atoms with van der Waals surface area (Å²) in [6.07, 6.45) is 4.38. The molecule has 1 saturated carbocycles. The summed E-state index contributed by atoms with van der Waals surface area (Å²) in [4.78, 5) is 28.4. The van der Waals surface area contributed by atoms with E-state index in [-0.39, 0.29) is 17.7 Å². The molecule has 3 rings (SSSR count). The average Bonchev–Trinajstić information content (AvgIpc) is 3.17. The summed E-state index contributed by atoms with van der Waals surface area (Å²) < 4.78 is 5.13. The van der Waals surface area contributed by atoms with Crippen LogP contribution in [0.25, 0.3) is 11.4 Å². The minimum Gasteiger partial charge on any atom is -0.497 e. The highest BCUT2D eigenvalue weighted by atomic mass is 32.2. The third-order valence-corrected chi connectivity index (χ3v) is 5.69. The molecule has 3 N–H and O–H groups in total. The van der Waals surface area contributed by atoms with E-state index in [2.05, 4.69) is 32.7 Å². The number of ether oxygens (including phenoxy) is 1. The van der Waals surface area contributed by atoms with Gasteiger partial charge in [-0.25, -0.2) is 9.78 Å². The Labute approximate surface area is 168 Å². The second-order valence-electron chi connectivity index (χ2n) is 6.87. The van der Waals surface area contributed by atoms with E-state index >= 15 is 0 Å². The fourth-order valence-electron chi connectivity index (χ4n) is 3.22. The van der Waals surface area contributed by atoms with Crippen LogP contribution in [-0.4, -0.2) is 46.0 Å². The number of hydrogen-bond acceptors (Lipinski definition) is 6. The third-order valence-electron chi connectivity index (χ3n) is 4.84. The van der Waals surface area contributed by atoms with Crippen LogP contribution in [0.5, 0.6) is 5.75 Å². The molecule has 0 bridgehead atoms. The van der Waals surface area contributed by atoms with Crippen molar-refractivity contribution in [1.29, 1.82) is 0 Å². The predicted molar refractivity (Wildman–Crippen MR) is 107 cm³/mol. The van der Waals surface area contributed by atoms with Gasteiger partial charge in [0.15, 0.2) is 5.82 Å². The summed E-state index contributed by atoms with van der Waals surface area (Å²) in [7, 11) is 1.61. The zero-order chi connectivity index (χ0) is 19.9. The Morgan fingerprint density at radius 1 is 1.25 bits per heavy atom. The lowest BCUT2D eigenvalue weighted by Crippen LogP contribution is -2.48. The van der Waals surface area contributed by atoms with E-state index in [1.807, 2.05) is 24.3 Å². The van der Waals surface area contributed by atoms with Crippen LogP contribution in [0.4, 0.5) is 4.79 Å². The molecule has 0 aliphatic heterocycles. The van der Waals surface area contributed by atoms with Gasteiger partial charge in [-0.05, 0) is 43.0 Å². The second kappa shape index (κ2) is 9.59. The van der Waals surface area contributed by atoms with Crippen LogP contribution in [0.2, 0.25) is 0 Å². The molecule has 1 aliphatic rings. The van der Waals surface area contributed by atoms with Gasteiger partial charge in [-0.15, -0.1) is 5.10 Å². The Kier molecular flexibility index (Phi) is 6.91. The molecule has 0 radical (unpaired) electrons. The molecule has 9 heteroatoms. The number of benzene rings is 1. The number of imide groups is 1. The van der Waals surface area contributed by atoms with Crippen molar-refractivity contribution in [3.63, 3.8) is 0 Å². The first-order valence-corrected chi connectivity index (χ1v) is 10.3. The number of urea groups is 1. The summed E-state index contributed by atoms with van der Waals surface area (Å²) in [5, 5.41) is 12.7. The van der Waals surface area contributed by atoms with E-state index in [0.717, 1.165) is 30.6 Å². The maximum absolute atomic E-state index is 12.0. The Morgan fingerprint density at radius 3 is 2.71 bits per heavy atom. The molecule has 2 atom stereocenters. The van der Waals surface area contributed by atoms with E-state index in [1.165, 1.54) is 18.2 Å². The molecule has 0 spiro atoms. The number of nitrogens with zero attached hydrogens (tertiary/aromatic N) is 2. The molecule has 2 aromatic rings. The van der Waals surface area contributed by atoms with E-state index in [4.69, 9.17) is 4.74 Å². The number of rotatable bonds is 6. The molecule has 3 amide bonds. The van der Waals surface area contributed by atoms with Crippen LogP contribution in [-0.2, 0) is 4.79 Å². The van der Waals surface area contributed by atoms with Gasteiger partial charge in [-0.2, -0.15) is 0 Å². The van der Waals surface area contributed by atoms with Crippen LogP contribution < -0.4 is 15.4 Å². The molecular formula is C19H25N5O3S. The highest BCUT2D eigenvalue weighted by Gasteiger charge is 2.23. The smallest absolute Gasteiger partial charge is 0.321 e. The van der Waals surface area contributed by atoms with Gasteiger partial charge in [0.2, 0.25) is 11.1 Å². The maximum Gasteiger partial charge on any atom is 0.321 e. The Bertz CT molecular complexity index is 808. The number of hydrogen-bond donors (Lipinski definition) is 3. The SMILES string of the molecule is COc1ccc(-c2nc(SCC(=O)NC(=O)N[C@@H]3CCCC[C@H]3C)n[nH]2)cc1. The van der Waals surface area contributed by atoms with Crippen LogP contribution >= 0.6 is 11.8 Å². The Balaban J connectivity index is 1.45. The van der Waals surface area contributed by atoms with Gasteiger partial charge in [0, 0.05) is 11.6 Å². The molecule has 1 aliphatic carbocycles. The summed E-state index contributed by atoms with van der Waals surface area (Å²) in [6.45, 7) is 2.13. The Morgan fingerprint density at radius 2 is 2.00 bits per heavy atom. The second-order valence-corrected chi connectivity index (χ2v) is 7.82. The number of aromatic nitrogens is 3. The van der Waals surface area contributed by atoms with E-state index in [9.17, 15) is 9.59 Å². The van der Waals surface area contributed by atoms with Crippen molar-refractivity contribution in [3.8, 4) is 17.1 Å². The van der Waals surface area contributed by atoms with Gasteiger partial charge in [0.1, 0.15) is 5.75 Å². The molecule has 150 valence electrons. The number of carbonyl (C=O) groups excluding carboxylic acids is 2. The van der Waals surface area contributed by atoms with Crippen molar-refractivity contribution >= 4 is 23.7 Å². The molecule has 1 fully saturated rings. The lowest BCUT2D eigenvalue weighted by atomic mass is 9.86. The number of H-pyrrole nitrogens is 1. The van der Waals surface area contributed by atoms with Crippen molar-refractivity contribution in [1.82, 2.24) is 25.8 Å². The van der Waals surface area contributed by atoms with Gasteiger partial charge < -0.3 is 10.1 Å². The number of aromatic amines is 1. The molecule has 28 heavy (non-hydrogen) atoms. The van der Waals surface area contributed by atoms with Gasteiger partial charge in [0.25, 0.3) is 0 Å². The van der Waals surface area contributed by atoms with Crippen molar-refractivity contribution in [2.75, 3.05) is 12.9 Å². The maximum atomic E-state index is 12.0. The van der Waals surface area contributed by atoms with Crippen molar-refractivity contribution < 1.29 is 14.3 Å². The molecule has 1 aromatic heterocycles. The lowest BCUT2D eigenvalue weighted by Gasteiger charge is -2.29. The first kappa shape index (κ1) is 20.2. The van der Waals surface area contributed by atoms with E-state index < -0.39 is 6.03 Å². The predicted octanol–water partition coefficient (Wildman–Crippen LogP) is 2.98. The zero-order valence-electron chi connectivity index (χ0n) is 16.0. The Hall–Kier alpha value is -2.55. The standard InChI is InChI=1S/C19H25N5O3S/c1-12-5-3-4-6-15(12)20-18(26)21-16(25)11-28-19-22-17(23-24-19)13-7-9-14(27-2)10-8-13/h7-10,12,15H,3-6,11H2,1-2H3,(H,22,23,24)(H2,20,21,25,26)/t12-,15-/m1/s1. The highest BCUT2D eigenvalue weighted by molar-refractivity contribution is 7.99. The zero-order valence-corrected chi connectivity index (χ0v) is 16.8. The van der Waals surface area contributed by atoms with Crippen molar-refractivity contribution in [2.45, 2.75) is 43.8 Å². The van der Waals surface area contributed by atoms with Gasteiger partial charge >= 0.3 is 6.03 Å². The van der Waals surface area contributed by atoms with E-state index in [0.29, 0.717) is 16.9 Å². The summed E-state index contributed by atoms with van der Waals surface area (Å²) in [5.74, 6) is 1.49. The van der Waals surface area contributed by atoms with Gasteiger partial charge in [-0.1, -0.05) is 31.5 Å². The molecular weight excluding hydrogens is 378 g/mol. The van der Waals surface area contributed by atoms with E-state index in [1.54, 1.807) is 7.11 Å². The number of carbonyl (C=O) groups is 2. The molecule has 8 nitrogen and oxygen atoms in total. The summed E-state index contributed by atoms with van der Waals surface area (Å²) >= 11 is 1.17. The first-order valence-electron chi connectivity index (χ1n) is 9.35. The van der Waals surface area contributed by atoms with Crippen LogP contribution in [0.15, 0.2) is 29.4 Å². The number of methoxy groups -OCH3 is 1. The number of nitrogens with one attached hydrogen (secondary N) is 3. The molecule has 0 unspecified atom stereocenters. The minimum atomic E-state index is -0.432. The fourth-order valence-corrected chi connectivity index (χ4v) is 3.82.